The molecule has 4 rings (SSSR count). The predicted molar refractivity (Wildman–Crippen MR) is 105 cm³/mol. The van der Waals surface area contributed by atoms with Gasteiger partial charge in [-0.1, -0.05) is 11.6 Å². The number of likely N-dealkylation sites (tertiary alicyclic amines) is 1. The fourth-order valence-corrected chi connectivity index (χ4v) is 4.04. The number of halogens is 4. The van der Waals surface area contributed by atoms with E-state index in [0.717, 1.165) is 10.8 Å². The van der Waals surface area contributed by atoms with Gasteiger partial charge in [0.2, 0.25) is 11.5 Å². The van der Waals surface area contributed by atoms with Crippen molar-refractivity contribution in [3.63, 3.8) is 0 Å². The Balaban J connectivity index is 1.45. The maximum atomic E-state index is 13.7. The van der Waals surface area contributed by atoms with Crippen LogP contribution in [0.5, 0.6) is 0 Å². The molecule has 1 fully saturated rings. The van der Waals surface area contributed by atoms with E-state index in [1.54, 1.807) is 18.2 Å². The molecule has 3 heterocycles. The molecule has 166 valence electrons. The summed E-state index contributed by atoms with van der Waals surface area (Å²) in [7, 11) is 1.34. The molecule has 31 heavy (non-hydrogen) atoms. The van der Waals surface area contributed by atoms with Crippen LogP contribution in [0.4, 0.5) is 13.2 Å². The Morgan fingerprint density at radius 3 is 2.65 bits per heavy atom. The molecule has 0 spiro atoms. The monoisotopic (exact) mass is 456 g/mol. The second-order valence-electron chi connectivity index (χ2n) is 7.72. The predicted octanol–water partition coefficient (Wildman–Crippen LogP) is 3.76. The van der Waals surface area contributed by atoms with Crippen molar-refractivity contribution in [1.82, 2.24) is 19.4 Å². The fraction of sp³-hybridized carbons (Fsp3) is 0.450. The first-order valence-electron chi connectivity index (χ1n) is 9.69. The minimum atomic E-state index is -5.06. The number of hydrogen-bond acceptors (Lipinski definition) is 5. The van der Waals surface area contributed by atoms with Crippen LogP contribution in [0.15, 0.2) is 35.0 Å². The zero-order valence-corrected chi connectivity index (χ0v) is 17.3. The Morgan fingerprint density at radius 1 is 1.32 bits per heavy atom. The second kappa shape index (κ2) is 7.83. The van der Waals surface area contributed by atoms with Gasteiger partial charge in [-0.3, -0.25) is 4.79 Å². The van der Waals surface area contributed by atoms with Crippen LogP contribution in [0.1, 0.15) is 36.9 Å². The zero-order chi connectivity index (χ0) is 22.4. The summed E-state index contributed by atoms with van der Waals surface area (Å²) >= 11 is 5.97. The Hall–Kier alpha value is -2.59. The van der Waals surface area contributed by atoms with Gasteiger partial charge in [-0.2, -0.15) is 13.2 Å². The quantitative estimate of drug-likeness (QED) is 0.646. The molecular weight excluding hydrogens is 437 g/mol. The van der Waals surface area contributed by atoms with E-state index in [0.29, 0.717) is 34.9 Å². The van der Waals surface area contributed by atoms with Gasteiger partial charge in [-0.05, 0) is 31.0 Å². The number of imidazole rings is 1. The van der Waals surface area contributed by atoms with Gasteiger partial charge in [0.25, 0.3) is 0 Å². The maximum Gasteiger partial charge on any atom is 0.425 e. The Bertz CT molecular complexity index is 1100. The van der Waals surface area contributed by atoms with Crippen molar-refractivity contribution in [2.45, 2.75) is 37.0 Å². The molecule has 1 N–H and O–H groups in total. The van der Waals surface area contributed by atoms with Crippen LogP contribution in [0.3, 0.4) is 0 Å². The summed E-state index contributed by atoms with van der Waals surface area (Å²) in [4.78, 5) is 22.1. The summed E-state index contributed by atoms with van der Waals surface area (Å²) in [5, 5.41) is 11.0. The molecule has 1 atom stereocenters. The van der Waals surface area contributed by atoms with E-state index in [1.807, 2.05) is 0 Å². The third-order valence-corrected chi connectivity index (χ3v) is 5.87. The minimum absolute atomic E-state index is 0.0636. The molecule has 1 amide bonds. The Kier molecular flexibility index (Phi) is 5.47. The van der Waals surface area contributed by atoms with Crippen molar-refractivity contribution in [3.05, 3.63) is 47.3 Å². The molecule has 0 aliphatic carbocycles. The lowest BCUT2D eigenvalue weighted by Gasteiger charge is -2.34. The van der Waals surface area contributed by atoms with Crippen LogP contribution in [0.2, 0.25) is 5.02 Å². The highest BCUT2D eigenvalue weighted by molar-refractivity contribution is 6.31. The van der Waals surface area contributed by atoms with Gasteiger partial charge in [-0.25, -0.2) is 9.97 Å². The summed E-state index contributed by atoms with van der Waals surface area (Å²) in [5.41, 5.74) is -2.13. The van der Waals surface area contributed by atoms with Gasteiger partial charge in [0, 0.05) is 43.5 Å². The van der Waals surface area contributed by atoms with Crippen molar-refractivity contribution in [2.75, 3.05) is 13.1 Å². The van der Waals surface area contributed by atoms with Crippen molar-refractivity contribution >= 4 is 28.6 Å². The minimum Gasteiger partial charge on any atom is -0.440 e. The first-order chi connectivity index (χ1) is 14.6. The van der Waals surface area contributed by atoms with E-state index in [4.69, 9.17) is 16.0 Å². The molecule has 1 aliphatic heterocycles. The number of nitrogens with zero attached hydrogens (tertiary/aromatic N) is 4. The normalized spacial score (nSPS) is 17.8. The third-order valence-electron chi connectivity index (χ3n) is 5.63. The lowest BCUT2D eigenvalue weighted by molar-refractivity contribution is -0.272. The Morgan fingerprint density at radius 2 is 2.03 bits per heavy atom. The molecule has 1 aromatic carbocycles. The summed E-state index contributed by atoms with van der Waals surface area (Å²) in [6.45, 7) is 0.467. The molecule has 1 unspecified atom stereocenters. The number of aromatic nitrogens is 3. The van der Waals surface area contributed by atoms with Crippen molar-refractivity contribution < 1.29 is 27.5 Å². The van der Waals surface area contributed by atoms with Gasteiger partial charge in [-0.15, -0.1) is 0 Å². The fourth-order valence-electron chi connectivity index (χ4n) is 3.87. The number of oxazole rings is 1. The number of aryl methyl sites for hydroxylation is 1. The van der Waals surface area contributed by atoms with Crippen molar-refractivity contribution in [2.24, 2.45) is 7.05 Å². The number of hydrogen-bond donors (Lipinski definition) is 1. The number of carbonyl (C=O) groups is 1. The standard InChI is InChI=1S/C20H20ClF3N4O3/c1-27-9-6-25-18(27)19(30,20(22,23)24)11-16(29)28-7-4-12(5-8-28)17-26-14-10-13(21)2-3-15(14)31-17/h2-3,6,9-10,12,30H,4-5,7-8,11H2,1H3. The summed E-state index contributed by atoms with van der Waals surface area (Å²) in [6, 6.07) is 5.12. The largest absolute Gasteiger partial charge is 0.440 e. The molecule has 1 saturated heterocycles. The number of piperidine rings is 1. The average molecular weight is 457 g/mol. The SMILES string of the molecule is Cn1ccnc1C(O)(CC(=O)N1CCC(c2nc3cc(Cl)ccc3o2)CC1)C(F)(F)F. The van der Waals surface area contributed by atoms with Gasteiger partial charge < -0.3 is 19.0 Å². The summed E-state index contributed by atoms with van der Waals surface area (Å²) in [5.74, 6) is -0.950. The smallest absolute Gasteiger partial charge is 0.425 e. The Labute approximate surface area is 180 Å². The van der Waals surface area contributed by atoms with Crippen LogP contribution >= 0.6 is 11.6 Å². The number of rotatable bonds is 4. The van der Waals surface area contributed by atoms with E-state index < -0.39 is 29.9 Å². The maximum absolute atomic E-state index is 13.7. The lowest BCUT2D eigenvalue weighted by Crippen LogP contribution is -2.49. The molecule has 0 bridgehead atoms. The zero-order valence-electron chi connectivity index (χ0n) is 16.6. The molecule has 2 aromatic heterocycles. The highest BCUT2D eigenvalue weighted by atomic mass is 35.5. The molecule has 0 saturated carbocycles. The number of alkyl halides is 3. The molecule has 0 radical (unpaired) electrons. The van der Waals surface area contributed by atoms with Crippen molar-refractivity contribution in [1.29, 1.82) is 0 Å². The van der Waals surface area contributed by atoms with Gasteiger partial charge >= 0.3 is 6.18 Å². The molecule has 7 nitrogen and oxygen atoms in total. The van der Waals surface area contributed by atoms with Gasteiger partial charge in [0.15, 0.2) is 17.3 Å². The van der Waals surface area contributed by atoms with Crippen LogP contribution in [-0.2, 0) is 17.4 Å². The van der Waals surface area contributed by atoms with Gasteiger partial charge in [0.05, 0.1) is 6.42 Å². The van der Waals surface area contributed by atoms with E-state index in [1.165, 1.54) is 18.1 Å². The highest BCUT2D eigenvalue weighted by Crippen LogP contribution is 2.41. The summed E-state index contributed by atoms with van der Waals surface area (Å²) in [6.07, 6.45) is -2.78. The number of aliphatic hydroxyl groups is 1. The number of benzene rings is 1. The lowest BCUT2D eigenvalue weighted by atomic mass is 9.93. The van der Waals surface area contributed by atoms with Crippen LogP contribution in [0.25, 0.3) is 11.1 Å². The average Bonchev–Trinajstić information content (AvgIpc) is 3.33. The van der Waals surface area contributed by atoms with Crippen LogP contribution < -0.4 is 0 Å². The van der Waals surface area contributed by atoms with E-state index >= 15 is 0 Å². The van der Waals surface area contributed by atoms with E-state index in [9.17, 15) is 23.1 Å². The van der Waals surface area contributed by atoms with E-state index in [-0.39, 0.29) is 19.0 Å². The number of carbonyl (C=O) groups excluding carboxylic acids is 1. The molecule has 11 heteroatoms. The molecule has 1 aliphatic rings. The van der Waals surface area contributed by atoms with Crippen molar-refractivity contribution in [3.8, 4) is 0 Å². The molecule has 3 aromatic rings. The topological polar surface area (TPSA) is 84.4 Å². The van der Waals surface area contributed by atoms with Crippen LogP contribution in [-0.4, -0.2) is 49.7 Å². The number of fused-ring (bicyclic) bond motifs is 1. The first kappa shape index (κ1) is 21.6. The number of amides is 1. The van der Waals surface area contributed by atoms with Gasteiger partial charge in [0.1, 0.15) is 5.52 Å². The molecular formula is C20H20ClF3N4O3. The van der Waals surface area contributed by atoms with Crippen LogP contribution in [0, 0.1) is 0 Å². The summed E-state index contributed by atoms with van der Waals surface area (Å²) < 4.78 is 47.9. The van der Waals surface area contributed by atoms with E-state index in [2.05, 4.69) is 9.97 Å². The third kappa shape index (κ3) is 4.01. The second-order valence-corrected chi connectivity index (χ2v) is 8.15. The first-order valence-corrected chi connectivity index (χ1v) is 10.1. The highest BCUT2D eigenvalue weighted by Gasteiger charge is 2.59.